The quantitative estimate of drug-likeness (QED) is 0.782. The van der Waals surface area contributed by atoms with Gasteiger partial charge in [-0.15, -0.1) is 0 Å². The highest BCUT2D eigenvalue weighted by Gasteiger charge is 2.05. The zero-order valence-electron chi connectivity index (χ0n) is 12.5. The van der Waals surface area contributed by atoms with Crippen molar-refractivity contribution in [3.63, 3.8) is 0 Å². The average molecular weight is 290 g/mol. The van der Waals surface area contributed by atoms with Crippen molar-refractivity contribution >= 4 is 5.82 Å². The molecule has 0 bridgehead atoms. The number of ether oxygens (including phenoxy) is 1. The fourth-order valence-electron chi connectivity index (χ4n) is 2.37. The highest BCUT2D eigenvalue weighted by molar-refractivity contribution is 5.68. The first-order chi connectivity index (χ1) is 10.7. The van der Waals surface area contributed by atoms with Crippen molar-refractivity contribution in [3.8, 4) is 16.9 Å². The maximum absolute atomic E-state index is 5.87. The molecule has 110 valence electrons. The normalized spacial score (nSPS) is 10.4. The van der Waals surface area contributed by atoms with Crippen LogP contribution in [-0.4, -0.2) is 4.98 Å². The third-order valence-corrected chi connectivity index (χ3v) is 3.53. The minimum Gasteiger partial charge on any atom is -0.489 e. The summed E-state index contributed by atoms with van der Waals surface area (Å²) in [6, 6.07) is 20.1. The summed E-state index contributed by atoms with van der Waals surface area (Å²) in [7, 11) is 0. The number of benzene rings is 2. The Balaban J connectivity index is 1.80. The van der Waals surface area contributed by atoms with Gasteiger partial charge in [0.05, 0.1) is 0 Å². The van der Waals surface area contributed by atoms with E-state index in [0.717, 1.165) is 28.0 Å². The number of aromatic nitrogens is 1. The Hall–Kier alpha value is -2.81. The van der Waals surface area contributed by atoms with Gasteiger partial charge in [-0.05, 0) is 41.8 Å². The molecule has 3 rings (SSSR count). The lowest BCUT2D eigenvalue weighted by Crippen LogP contribution is -1.96. The van der Waals surface area contributed by atoms with Crippen LogP contribution in [0.2, 0.25) is 0 Å². The Labute approximate surface area is 130 Å². The van der Waals surface area contributed by atoms with Crippen molar-refractivity contribution in [2.45, 2.75) is 13.5 Å². The van der Waals surface area contributed by atoms with E-state index in [0.29, 0.717) is 12.4 Å². The number of rotatable bonds is 4. The first-order valence-corrected chi connectivity index (χ1v) is 7.21. The van der Waals surface area contributed by atoms with Gasteiger partial charge in [0, 0.05) is 11.8 Å². The largest absolute Gasteiger partial charge is 0.489 e. The van der Waals surface area contributed by atoms with E-state index < -0.39 is 0 Å². The number of nitrogens with zero attached hydrogens (tertiary/aromatic N) is 1. The van der Waals surface area contributed by atoms with Crippen LogP contribution in [0.3, 0.4) is 0 Å². The van der Waals surface area contributed by atoms with Gasteiger partial charge < -0.3 is 10.5 Å². The molecule has 2 aromatic carbocycles. The third-order valence-electron chi connectivity index (χ3n) is 3.53. The summed E-state index contributed by atoms with van der Waals surface area (Å²) in [6.45, 7) is 2.59. The van der Waals surface area contributed by atoms with Crippen LogP contribution in [-0.2, 0) is 6.61 Å². The topological polar surface area (TPSA) is 48.1 Å². The minimum absolute atomic E-state index is 0.540. The maximum atomic E-state index is 5.87. The standard InChI is InChI=1S/C19H18N2O/c1-14-10-19(20)21-12-18(14)16-8-5-9-17(11-16)22-13-15-6-3-2-4-7-15/h2-12H,13H2,1H3,(H2,20,21). The molecule has 0 unspecified atom stereocenters. The Morgan fingerprint density at radius 1 is 1.00 bits per heavy atom. The Kier molecular flexibility index (Phi) is 4.05. The number of hydrogen-bond acceptors (Lipinski definition) is 3. The molecule has 0 aliphatic rings. The predicted octanol–water partition coefficient (Wildman–Crippen LogP) is 4.22. The molecule has 3 nitrogen and oxygen atoms in total. The molecule has 0 amide bonds. The minimum atomic E-state index is 0.540. The first kappa shape index (κ1) is 14.1. The lowest BCUT2D eigenvalue weighted by Gasteiger charge is -2.10. The van der Waals surface area contributed by atoms with Crippen molar-refractivity contribution in [2.75, 3.05) is 5.73 Å². The number of nitrogen functional groups attached to an aromatic ring is 1. The van der Waals surface area contributed by atoms with Crippen LogP contribution in [0, 0.1) is 6.92 Å². The Morgan fingerprint density at radius 3 is 2.59 bits per heavy atom. The van der Waals surface area contributed by atoms with Crippen molar-refractivity contribution in [1.29, 1.82) is 0 Å². The second-order valence-corrected chi connectivity index (χ2v) is 5.23. The van der Waals surface area contributed by atoms with Crippen LogP contribution in [0.25, 0.3) is 11.1 Å². The van der Waals surface area contributed by atoms with Gasteiger partial charge in [0.1, 0.15) is 18.2 Å². The summed E-state index contributed by atoms with van der Waals surface area (Å²) in [4.78, 5) is 4.18. The van der Waals surface area contributed by atoms with E-state index in [4.69, 9.17) is 10.5 Å². The molecule has 2 N–H and O–H groups in total. The fourth-order valence-corrected chi connectivity index (χ4v) is 2.37. The molecular formula is C19H18N2O. The molecular weight excluding hydrogens is 272 g/mol. The Bertz CT molecular complexity index is 769. The molecule has 1 heterocycles. The second kappa shape index (κ2) is 6.31. The summed E-state index contributed by atoms with van der Waals surface area (Å²) in [5.74, 6) is 1.38. The smallest absolute Gasteiger partial charge is 0.123 e. The van der Waals surface area contributed by atoms with Gasteiger partial charge in [0.15, 0.2) is 0 Å². The number of hydrogen-bond donors (Lipinski definition) is 1. The first-order valence-electron chi connectivity index (χ1n) is 7.21. The average Bonchev–Trinajstić information content (AvgIpc) is 2.54. The van der Waals surface area contributed by atoms with Crippen LogP contribution in [0.1, 0.15) is 11.1 Å². The van der Waals surface area contributed by atoms with Gasteiger partial charge in [0.25, 0.3) is 0 Å². The summed E-state index contributed by atoms with van der Waals surface area (Å²) in [6.07, 6.45) is 1.81. The number of anilines is 1. The van der Waals surface area contributed by atoms with Crippen LogP contribution in [0.15, 0.2) is 66.9 Å². The van der Waals surface area contributed by atoms with Crippen molar-refractivity contribution in [1.82, 2.24) is 4.98 Å². The van der Waals surface area contributed by atoms with Crippen molar-refractivity contribution < 1.29 is 4.74 Å². The monoisotopic (exact) mass is 290 g/mol. The molecule has 0 aliphatic carbocycles. The lowest BCUT2D eigenvalue weighted by atomic mass is 10.0. The van der Waals surface area contributed by atoms with Crippen LogP contribution in [0.4, 0.5) is 5.82 Å². The zero-order chi connectivity index (χ0) is 15.4. The molecule has 3 aromatic rings. The number of nitrogens with two attached hydrogens (primary N) is 1. The summed E-state index contributed by atoms with van der Waals surface area (Å²) in [5.41, 5.74) is 10.1. The molecule has 3 heteroatoms. The maximum Gasteiger partial charge on any atom is 0.123 e. The van der Waals surface area contributed by atoms with Gasteiger partial charge in [0.2, 0.25) is 0 Å². The van der Waals surface area contributed by atoms with Crippen LogP contribution in [0.5, 0.6) is 5.75 Å². The molecule has 1 aromatic heterocycles. The highest BCUT2D eigenvalue weighted by atomic mass is 16.5. The van der Waals surface area contributed by atoms with Gasteiger partial charge in [-0.25, -0.2) is 4.98 Å². The SMILES string of the molecule is Cc1cc(N)ncc1-c1cccc(OCc2ccccc2)c1. The van der Waals surface area contributed by atoms with Gasteiger partial charge in [-0.3, -0.25) is 0 Å². The molecule has 0 saturated carbocycles. The highest BCUT2D eigenvalue weighted by Crippen LogP contribution is 2.27. The molecule has 0 spiro atoms. The second-order valence-electron chi connectivity index (χ2n) is 5.23. The number of aryl methyl sites for hydroxylation is 1. The molecule has 0 radical (unpaired) electrons. The lowest BCUT2D eigenvalue weighted by molar-refractivity contribution is 0.306. The van der Waals surface area contributed by atoms with E-state index in [-0.39, 0.29) is 0 Å². The van der Waals surface area contributed by atoms with Crippen molar-refractivity contribution in [3.05, 3.63) is 78.0 Å². The Morgan fingerprint density at radius 2 is 1.82 bits per heavy atom. The van der Waals surface area contributed by atoms with E-state index >= 15 is 0 Å². The van der Waals surface area contributed by atoms with Gasteiger partial charge >= 0.3 is 0 Å². The van der Waals surface area contributed by atoms with E-state index in [1.807, 2.05) is 49.4 Å². The zero-order valence-corrected chi connectivity index (χ0v) is 12.5. The van der Waals surface area contributed by atoms with Crippen LogP contribution >= 0.6 is 0 Å². The third kappa shape index (κ3) is 3.26. The van der Waals surface area contributed by atoms with E-state index in [9.17, 15) is 0 Å². The van der Waals surface area contributed by atoms with Crippen molar-refractivity contribution in [2.24, 2.45) is 0 Å². The summed E-state index contributed by atoms with van der Waals surface area (Å²) >= 11 is 0. The summed E-state index contributed by atoms with van der Waals surface area (Å²) < 4.78 is 5.87. The number of pyridine rings is 1. The molecule has 0 atom stereocenters. The fraction of sp³-hybridized carbons (Fsp3) is 0.105. The molecule has 0 aliphatic heterocycles. The van der Waals surface area contributed by atoms with E-state index in [2.05, 4.69) is 23.2 Å². The van der Waals surface area contributed by atoms with Gasteiger partial charge in [-0.2, -0.15) is 0 Å². The molecule has 0 fully saturated rings. The summed E-state index contributed by atoms with van der Waals surface area (Å²) in [5, 5.41) is 0. The van der Waals surface area contributed by atoms with E-state index in [1.165, 1.54) is 0 Å². The van der Waals surface area contributed by atoms with Crippen LogP contribution < -0.4 is 10.5 Å². The predicted molar refractivity (Wildman–Crippen MR) is 89.6 cm³/mol. The molecule has 0 saturated heterocycles. The van der Waals surface area contributed by atoms with Gasteiger partial charge in [-0.1, -0.05) is 42.5 Å². The molecule has 22 heavy (non-hydrogen) atoms. The van der Waals surface area contributed by atoms with E-state index in [1.54, 1.807) is 6.20 Å².